The van der Waals surface area contributed by atoms with Crippen molar-refractivity contribution in [3.05, 3.63) is 54.1 Å². The van der Waals surface area contributed by atoms with Gasteiger partial charge in [-0.1, -0.05) is 18.2 Å². The van der Waals surface area contributed by atoms with E-state index in [0.29, 0.717) is 29.1 Å². The van der Waals surface area contributed by atoms with Crippen LogP contribution in [-0.2, 0) is 9.59 Å². The zero-order valence-electron chi connectivity index (χ0n) is 16.2. The molecule has 29 heavy (non-hydrogen) atoms. The largest absolute Gasteiger partial charge is 0.479 e. The van der Waals surface area contributed by atoms with Crippen LogP contribution in [-0.4, -0.2) is 41.9 Å². The number of anilines is 2. The van der Waals surface area contributed by atoms with Gasteiger partial charge in [0.25, 0.3) is 11.8 Å². The standard InChI is InChI=1S/C21H23N3O4S/c1-13-19(25)24-17-12-15(8-9-18(17)28-13)22-21(27)16(10-11-29-2)23-20(26)14-6-4-3-5-7-14/h3-9,12-13,16H,10-11H2,1-2H3,(H,22,27)(H,23,26)(H,24,25)/t13-,16-/m0/s1. The average molecular weight is 413 g/mol. The van der Waals surface area contributed by atoms with Crippen LogP contribution in [0.2, 0.25) is 0 Å². The van der Waals surface area contributed by atoms with Crippen LogP contribution >= 0.6 is 11.8 Å². The molecule has 0 fully saturated rings. The average Bonchev–Trinajstić information content (AvgIpc) is 2.72. The third-order valence-electron chi connectivity index (χ3n) is 4.45. The lowest BCUT2D eigenvalue weighted by Crippen LogP contribution is -2.44. The van der Waals surface area contributed by atoms with Gasteiger partial charge in [-0.2, -0.15) is 11.8 Å². The quantitative estimate of drug-likeness (QED) is 0.649. The fourth-order valence-electron chi connectivity index (χ4n) is 2.85. The maximum Gasteiger partial charge on any atom is 0.265 e. The number of hydrogen-bond donors (Lipinski definition) is 3. The van der Waals surface area contributed by atoms with E-state index in [9.17, 15) is 14.4 Å². The molecule has 1 heterocycles. The number of amides is 3. The third-order valence-corrected chi connectivity index (χ3v) is 5.09. The number of nitrogens with one attached hydrogen (secondary N) is 3. The van der Waals surface area contributed by atoms with Gasteiger partial charge < -0.3 is 20.7 Å². The number of carbonyl (C=O) groups is 3. The summed E-state index contributed by atoms with van der Waals surface area (Å²) in [7, 11) is 0. The van der Waals surface area contributed by atoms with Crippen LogP contribution in [0.4, 0.5) is 11.4 Å². The van der Waals surface area contributed by atoms with Gasteiger partial charge in [-0.25, -0.2) is 0 Å². The van der Waals surface area contributed by atoms with Gasteiger partial charge >= 0.3 is 0 Å². The fourth-order valence-corrected chi connectivity index (χ4v) is 3.32. The Labute approximate surface area is 173 Å². The minimum absolute atomic E-state index is 0.242. The van der Waals surface area contributed by atoms with Crippen LogP contribution in [0.5, 0.6) is 5.75 Å². The lowest BCUT2D eigenvalue weighted by Gasteiger charge is -2.24. The highest BCUT2D eigenvalue weighted by Gasteiger charge is 2.25. The molecular weight excluding hydrogens is 390 g/mol. The highest BCUT2D eigenvalue weighted by Crippen LogP contribution is 2.32. The van der Waals surface area contributed by atoms with Crippen molar-refractivity contribution in [3.8, 4) is 5.75 Å². The monoisotopic (exact) mass is 413 g/mol. The normalized spacial score (nSPS) is 16.1. The second-order valence-corrected chi connectivity index (χ2v) is 7.61. The Morgan fingerprint density at radius 2 is 1.97 bits per heavy atom. The van der Waals surface area contributed by atoms with Gasteiger partial charge in [-0.3, -0.25) is 14.4 Å². The molecule has 0 aromatic heterocycles. The van der Waals surface area contributed by atoms with Crippen molar-refractivity contribution < 1.29 is 19.1 Å². The molecule has 1 aliphatic heterocycles. The first-order valence-electron chi connectivity index (χ1n) is 9.25. The van der Waals surface area contributed by atoms with Gasteiger partial charge in [-0.15, -0.1) is 0 Å². The van der Waals surface area contributed by atoms with Gasteiger partial charge in [0.1, 0.15) is 11.8 Å². The van der Waals surface area contributed by atoms with Crippen molar-refractivity contribution in [2.75, 3.05) is 22.6 Å². The van der Waals surface area contributed by atoms with Crippen molar-refractivity contribution in [2.24, 2.45) is 0 Å². The number of ether oxygens (including phenoxy) is 1. The predicted octanol–water partition coefficient (Wildman–Crippen LogP) is 2.90. The van der Waals surface area contributed by atoms with Gasteiger partial charge in [0.2, 0.25) is 5.91 Å². The Morgan fingerprint density at radius 1 is 1.21 bits per heavy atom. The predicted molar refractivity (Wildman–Crippen MR) is 114 cm³/mol. The topological polar surface area (TPSA) is 96.5 Å². The molecule has 0 bridgehead atoms. The number of thioether (sulfide) groups is 1. The van der Waals surface area contributed by atoms with Crippen LogP contribution < -0.4 is 20.7 Å². The summed E-state index contributed by atoms with van der Waals surface area (Å²) in [5.74, 6) is 0.408. The van der Waals surface area contributed by atoms with E-state index in [4.69, 9.17) is 4.74 Å². The molecule has 152 valence electrons. The Bertz CT molecular complexity index is 904. The van der Waals surface area contributed by atoms with Crippen LogP contribution in [0.25, 0.3) is 0 Å². The molecule has 2 aromatic rings. The molecule has 0 unspecified atom stereocenters. The lowest BCUT2D eigenvalue weighted by molar-refractivity contribution is -0.122. The zero-order chi connectivity index (χ0) is 20.8. The first-order chi connectivity index (χ1) is 14.0. The maximum atomic E-state index is 12.8. The maximum absolute atomic E-state index is 12.8. The molecule has 2 atom stereocenters. The molecule has 3 rings (SSSR count). The summed E-state index contributed by atoms with van der Waals surface area (Å²) < 4.78 is 5.52. The molecule has 8 heteroatoms. The number of fused-ring (bicyclic) bond motifs is 1. The van der Waals surface area contributed by atoms with E-state index in [0.717, 1.165) is 5.75 Å². The smallest absolute Gasteiger partial charge is 0.265 e. The molecule has 7 nitrogen and oxygen atoms in total. The first kappa shape index (κ1) is 20.7. The van der Waals surface area contributed by atoms with Crippen molar-refractivity contribution in [1.82, 2.24) is 5.32 Å². The van der Waals surface area contributed by atoms with Crippen LogP contribution in [0.3, 0.4) is 0 Å². The summed E-state index contributed by atoms with van der Waals surface area (Å²) in [5.41, 5.74) is 1.51. The molecule has 0 saturated heterocycles. The van der Waals surface area contributed by atoms with Crippen molar-refractivity contribution in [3.63, 3.8) is 0 Å². The van der Waals surface area contributed by atoms with E-state index in [-0.39, 0.29) is 17.7 Å². The number of rotatable bonds is 7. The molecule has 3 amide bonds. The van der Waals surface area contributed by atoms with E-state index in [1.807, 2.05) is 12.3 Å². The van der Waals surface area contributed by atoms with Gasteiger partial charge in [0.15, 0.2) is 6.10 Å². The second kappa shape index (κ2) is 9.47. The van der Waals surface area contributed by atoms with Crippen molar-refractivity contribution in [2.45, 2.75) is 25.5 Å². The summed E-state index contributed by atoms with van der Waals surface area (Å²) in [6.45, 7) is 1.67. The summed E-state index contributed by atoms with van der Waals surface area (Å²) >= 11 is 1.60. The minimum atomic E-state index is -0.683. The van der Waals surface area contributed by atoms with E-state index >= 15 is 0 Å². The number of hydrogen-bond acceptors (Lipinski definition) is 5. The Hall–Kier alpha value is -3.00. The molecule has 0 saturated carbocycles. The van der Waals surface area contributed by atoms with Crippen LogP contribution in [0.15, 0.2) is 48.5 Å². The molecule has 0 spiro atoms. The van der Waals surface area contributed by atoms with E-state index in [2.05, 4.69) is 16.0 Å². The number of carbonyl (C=O) groups excluding carboxylic acids is 3. The second-order valence-electron chi connectivity index (χ2n) is 6.62. The number of benzene rings is 2. The van der Waals surface area contributed by atoms with Gasteiger partial charge in [0.05, 0.1) is 5.69 Å². The highest BCUT2D eigenvalue weighted by atomic mass is 32.2. The summed E-state index contributed by atoms with van der Waals surface area (Å²) in [6.07, 6.45) is 1.88. The first-order valence-corrected chi connectivity index (χ1v) is 10.6. The summed E-state index contributed by atoms with van der Waals surface area (Å²) in [4.78, 5) is 37.1. The summed E-state index contributed by atoms with van der Waals surface area (Å²) in [6, 6.07) is 13.1. The highest BCUT2D eigenvalue weighted by molar-refractivity contribution is 7.98. The van der Waals surface area contributed by atoms with Gasteiger partial charge in [0, 0.05) is 11.3 Å². The minimum Gasteiger partial charge on any atom is -0.479 e. The molecular formula is C21H23N3O4S. The lowest BCUT2D eigenvalue weighted by atomic mass is 10.1. The van der Waals surface area contributed by atoms with Gasteiger partial charge in [-0.05, 0) is 55.7 Å². The molecule has 3 N–H and O–H groups in total. The van der Waals surface area contributed by atoms with Crippen molar-refractivity contribution >= 4 is 40.9 Å². The van der Waals surface area contributed by atoms with Crippen LogP contribution in [0.1, 0.15) is 23.7 Å². The molecule has 0 radical (unpaired) electrons. The van der Waals surface area contributed by atoms with E-state index in [1.54, 1.807) is 61.2 Å². The molecule has 1 aliphatic rings. The fraction of sp³-hybridized carbons (Fsp3) is 0.286. The zero-order valence-corrected chi connectivity index (χ0v) is 17.0. The Balaban J connectivity index is 1.70. The Kier molecular flexibility index (Phi) is 6.77. The summed E-state index contributed by atoms with van der Waals surface area (Å²) in [5, 5.41) is 8.37. The van der Waals surface area contributed by atoms with E-state index in [1.165, 1.54) is 0 Å². The third kappa shape index (κ3) is 5.29. The van der Waals surface area contributed by atoms with E-state index < -0.39 is 12.1 Å². The molecule has 2 aromatic carbocycles. The SMILES string of the molecule is CSCC[C@H](NC(=O)c1ccccc1)C(=O)Nc1ccc2c(c1)NC(=O)[C@H](C)O2. The van der Waals surface area contributed by atoms with Crippen LogP contribution in [0, 0.1) is 0 Å². The molecule has 0 aliphatic carbocycles. The van der Waals surface area contributed by atoms with Crippen molar-refractivity contribution in [1.29, 1.82) is 0 Å². The Morgan fingerprint density at radius 3 is 2.69 bits per heavy atom.